The molecule has 1 unspecified atom stereocenters. The van der Waals surface area contributed by atoms with E-state index in [1.807, 2.05) is 30.3 Å². The van der Waals surface area contributed by atoms with E-state index in [9.17, 15) is 4.39 Å². The van der Waals surface area contributed by atoms with Gasteiger partial charge in [-0.2, -0.15) is 0 Å². The van der Waals surface area contributed by atoms with Gasteiger partial charge in [0.25, 0.3) is 0 Å². The molecule has 0 saturated carbocycles. The number of pyridine rings is 1. The van der Waals surface area contributed by atoms with Gasteiger partial charge < -0.3 is 10.1 Å². The van der Waals surface area contributed by atoms with Gasteiger partial charge in [-0.15, -0.1) is 6.58 Å². The molecule has 1 atom stereocenters. The maximum Gasteiger partial charge on any atom is 0.147 e. The molecular weight excluding hydrogens is 347 g/mol. The summed E-state index contributed by atoms with van der Waals surface area (Å²) in [7, 11) is 1.62. The zero-order valence-corrected chi connectivity index (χ0v) is 13.9. The summed E-state index contributed by atoms with van der Waals surface area (Å²) >= 11 is 3.39. The molecule has 2 rings (SSSR count). The number of ether oxygens (including phenoxy) is 1. The quantitative estimate of drug-likeness (QED) is 0.693. The van der Waals surface area contributed by atoms with Crippen LogP contribution in [0.2, 0.25) is 0 Å². The summed E-state index contributed by atoms with van der Waals surface area (Å²) in [4.78, 5) is 3.85. The van der Waals surface area contributed by atoms with Crippen LogP contribution in [0.1, 0.15) is 24.4 Å². The van der Waals surface area contributed by atoms with Gasteiger partial charge in [0.05, 0.1) is 19.3 Å². The summed E-state index contributed by atoms with van der Waals surface area (Å²) < 4.78 is 20.0. The number of methoxy groups -OCH3 is 1. The van der Waals surface area contributed by atoms with Crippen LogP contribution in [-0.4, -0.2) is 12.1 Å². The third-order valence-corrected chi connectivity index (χ3v) is 3.96. The summed E-state index contributed by atoms with van der Waals surface area (Å²) in [6, 6.07) is 7.37. The first-order chi connectivity index (χ1) is 10.7. The smallest absolute Gasteiger partial charge is 0.147 e. The molecule has 2 aromatic rings. The maximum absolute atomic E-state index is 14.2. The minimum Gasteiger partial charge on any atom is -0.497 e. The van der Waals surface area contributed by atoms with E-state index in [1.165, 1.54) is 6.20 Å². The lowest BCUT2D eigenvalue weighted by atomic mass is 10.0. The fraction of sp³-hybridized carbons (Fsp3) is 0.235. The van der Waals surface area contributed by atoms with Gasteiger partial charge >= 0.3 is 0 Å². The highest BCUT2D eigenvalue weighted by atomic mass is 79.9. The molecule has 3 nitrogen and oxygen atoms in total. The Hall–Kier alpha value is -1.88. The molecule has 0 radical (unpaired) electrons. The molecule has 1 N–H and O–H groups in total. The zero-order valence-electron chi connectivity index (χ0n) is 12.4. The molecule has 0 saturated heterocycles. The van der Waals surface area contributed by atoms with Crippen molar-refractivity contribution in [3.8, 4) is 5.75 Å². The number of nitrogens with zero attached hydrogens (tertiary/aromatic N) is 1. The van der Waals surface area contributed by atoms with Crippen LogP contribution in [0.4, 0.5) is 10.1 Å². The van der Waals surface area contributed by atoms with Crippen LogP contribution in [0.5, 0.6) is 5.75 Å². The van der Waals surface area contributed by atoms with Crippen LogP contribution in [0.15, 0.2) is 53.8 Å². The van der Waals surface area contributed by atoms with Crippen molar-refractivity contribution in [1.29, 1.82) is 0 Å². The van der Waals surface area contributed by atoms with E-state index in [0.717, 1.165) is 24.3 Å². The van der Waals surface area contributed by atoms with Crippen LogP contribution in [0, 0.1) is 5.82 Å². The molecule has 0 aliphatic rings. The molecule has 116 valence electrons. The highest BCUT2D eigenvalue weighted by Crippen LogP contribution is 2.31. The summed E-state index contributed by atoms with van der Waals surface area (Å²) in [6.07, 6.45) is 6.18. The number of nitrogens with one attached hydrogen (secondary N) is 1. The van der Waals surface area contributed by atoms with Crippen LogP contribution in [0.3, 0.4) is 0 Å². The first-order valence-electron chi connectivity index (χ1n) is 6.96. The molecule has 0 fully saturated rings. The van der Waals surface area contributed by atoms with Gasteiger partial charge in [-0.05, 0) is 53.0 Å². The van der Waals surface area contributed by atoms with Crippen molar-refractivity contribution in [2.45, 2.75) is 18.9 Å². The molecule has 0 aliphatic carbocycles. The molecule has 0 amide bonds. The second kappa shape index (κ2) is 7.94. The fourth-order valence-electron chi connectivity index (χ4n) is 2.22. The lowest BCUT2D eigenvalue weighted by Gasteiger charge is -2.21. The van der Waals surface area contributed by atoms with Crippen LogP contribution in [-0.2, 0) is 0 Å². The topological polar surface area (TPSA) is 34.1 Å². The SMILES string of the molecule is C=CCCC(Nc1ccc(OC)cc1)c1c(F)cncc1Br. The van der Waals surface area contributed by atoms with Crippen molar-refractivity contribution >= 4 is 21.6 Å². The molecule has 5 heteroatoms. The second-order valence-corrected chi connectivity index (χ2v) is 5.66. The van der Waals surface area contributed by atoms with E-state index in [0.29, 0.717) is 10.0 Å². The molecule has 1 aromatic heterocycles. The largest absolute Gasteiger partial charge is 0.497 e. The molecular formula is C17H18BrFN2O. The van der Waals surface area contributed by atoms with E-state index in [2.05, 4.69) is 32.8 Å². The summed E-state index contributed by atoms with van der Waals surface area (Å²) in [5.41, 5.74) is 1.48. The normalized spacial score (nSPS) is 11.8. The number of allylic oxidation sites excluding steroid dienone is 1. The fourth-order valence-corrected chi connectivity index (χ4v) is 2.80. The number of hydrogen-bond donors (Lipinski definition) is 1. The van der Waals surface area contributed by atoms with Crippen molar-refractivity contribution < 1.29 is 9.13 Å². The Balaban J connectivity index is 2.27. The third-order valence-electron chi connectivity index (χ3n) is 3.33. The Kier molecular flexibility index (Phi) is 5.95. The minimum absolute atomic E-state index is 0.177. The zero-order chi connectivity index (χ0) is 15.9. The second-order valence-electron chi connectivity index (χ2n) is 4.81. The first-order valence-corrected chi connectivity index (χ1v) is 7.75. The monoisotopic (exact) mass is 364 g/mol. The molecule has 1 heterocycles. The number of hydrogen-bond acceptors (Lipinski definition) is 3. The Bertz CT molecular complexity index is 611. The lowest BCUT2D eigenvalue weighted by molar-refractivity contribution is 0.415. The summed E-state index contributed by atoms with van der Waals surface area (Å²) in [5.74, 6) is 0.453. The standard InChI is InChI=1S/C17H18BrFN2O/c1-3-4-5-16(17-14(18)10-20-11-15(17)19)21-12-6-8-13(22-2)9-7-12/h3,6-11,16,21H,1,4-5H2,2H3. The molecule has 0 aliphatic heterocycles. The minimum atomic E-state index is -0.329. The number of benzene rings is 1. The van der Waals surface area contributed by atoms with Crippen LogP contribution >= 0.6 is 15.9 Å². The summed E-state index contributed by atoms with van der Waals surface area (Å²) in [6.45, 7) is 3.74. The average Bonchev–Trinajstić information content (AvgIpc) is 2.53. The van der Waals surface area contributed by atoms with Gasteiger partial charge in [-0.3, -0.25) is 4.98 Å². The van der Waals surface area contributed by atoms with E-state index < -0.39 is 0 Å². The van der Waals surface area contributed by atoms with Crippen molar-refractivity contribution in [1.82, 2.24) is 4.98 Å². The molecule has 1 aromatic carbocycles. The predicted molar refractivity (Wildman–Crippen MR) is 90.7 cm³/mol. The number of halogens is 2. The van der Waals surface area contributed by atoms with Gasteiger partial charge in [-0.25, -0.2) is 4.39 Å². The lowest BCUT2D eigenvalue weighted by Crippen LogP contribution is -2.13. The van der Waals surface area contributed by atoms with Gasteiger partial charge in [-0.1, -0.05) is 6.08 Å². The van der Waals surface area contributed by atoms with Gasteiger partial charge in [0.2, 0.25) is 0 Å². The van der Waals surface area contributed by atoms with Gasteiger partial charge in [0.1, 0.15) is 11.6 Å². The Morgan fingerprint density at radius 3 is 2.68 bits per heavy atom. The van der Waals surface area contributed by atoms with Crippen LogP contribution < -0.4 is 10.1 Å². The number of rotatable bonds is 7. The Morgan fingerprint density at radius 2 is 2.09 bits per heavy atom. The summed E-state index contributed by atoms with van der Waals surface area (Å²) in [5, 5.41) is 3.36. The van der Waals surface area contributed by atoms with E-state index >= 15 is 0 Å². The number of anilines is 1. The third kappa shape index (κ3) is 4.07. The average molecular weight is 365 g/mol. The van der Waals surface area contributed by atoms with Crippen molar-refractivity contribution in [3.63, 3.8) is 0 Å². The molecule has 0 bridgehead atoms. The molecule has 0 spiro atoms. The van der Waals surface area contributed by atoms with Gasteiger partial charge in [0, 0.05) is 21.9 Å². The van der Waals surface area contributed by atoms with Crippen molar-refractivity contribution in [2.75, 3.05) is 12.4 Å². The van der Waals surface area contributed by atoms with Crippen LogP contribution in [0.25, 0.3) is 0 Å². The Morgan fingerprint density at radius 1 is 1.36 bits per heavy atom. The van der Waals surface area contributed by atoms with E-state index in [1.54, 1.807) is 13.3 Å². The number of aromatic nitrogens is 1. The molecule has 22 heavy (non-hydrogen) atoms. The van der Waals surface area contributed by atoms with Gasteiger partial charge in [0.15, 0.2) is 0 Å². The maximum atomic E-state index is 14.2. The predicted octanol–water partition coefficient (Wildman–Crippen LogP) is 5.11. The first kappa shape index (κ1) is 16.5. The van der Waals surface area contributed by atoms with Crippen molar-refractivity contribution in [2.24, 2.45) is 0 Å². The van der Waals surface area contributed by atoms with E-state index in [-0.39, 0.29) is 11.9 Å². The van der Waals surface area contributed by atoms with Crippen molar-refractivity contribution in [3.05, 3.63) is 65.2 Å². The highest BCUT2D eigenvalue weighted by Gasteiger charge is 2.18. The van der Waals surface area contributed by atoms with E-state index in [4.69, 9.17) is 4.74 Å². The highest BCUT2D eigenvalue weighted by molar-refractivity contribution is 9.10. The Labute approximate surface area is 138 Å².